The first-order valence-electron chi connectivity index (χ1n) is 9.19. The SMILES string of the molecule is CCCNC1CCN(CCCC2CCCC2)C(C)C1C. The normalized spacial score (nSPS) is 32.9. The number of hydrogen-bond acceptors (Lipinski definition) is 2. The average Bonchev–Trinajstić information content (AvgIpc) is 2.96. The van der Waals surface area contributed by atoms with Gasteiger partial charge in [0, 0.05) is 12.1 Å². The molecular formula is C18H36N2. The van der Waals surface area contributed by atoms with Crippen molar-refractivity contribution < 1.29 is 0 Å². The number of rotatable bonds is 7. The quantitative estimate of drug-likeness (QED) is 0.756. The highest BCUT2D eigenvalue weighted by molar-refractivity contribution is 4.88. The molecular weight excluding hydrogens is 244 g/mol. The summed E-state index contributed by atoms with van der Waals surface area (Å²) in [6.07, 6.45) is 11.5. The van der Waals surface area contributed by atoms with E-state index in [1.165, 1.54) is 71.0 Å². The summed E-state index contributed by atoms with van der Waals surface area (Å²) in [5.41, 5.74) is 0. The molecule has 1 saturated heterocycles. The molecule has 2 rings (SSSR count). The molecule has 0 radical (unpaired) electrons. The lowest BCUT2D eigenvalue weighted by Gasteiger charge is -2.43. The van der Waals surface area contributed by atoms with Gasteiger partial charge in [-0.2, -0.15) is 0 Å². The van der Waals surface area contributed by atoms with Crippen LogP contribution in [0.3, 0.4) is 0 Å². The summed E-state index contributed by atoms with van der Waals surface area (Å²) < 4.78 is 0. The van der Waals surface area contributed by atoms with Crippen LogP contribution in [0, 0.1) is 11.8 Å². The molecule has 0 aromatic heterocycles. The zero-order chi connectivity index (χ0) is 14.4. The van der Waals surface area contributed by atoms with E-state index in [4.69, 9.17) is 0 Å². The summed E-state index contributed by atoms with van der Waals surface area (Å²) in [6.45, 7) is 11.0. The molecule has 2 heteroatoms. The van der Waals surface area contributed by atoms with E-state index in [0.717, 1.165) is 23.9 Å². The maximum Gasteiger partial charge on any atom is 0.0120 e. The van der Waals surface area contributed by atoms with Gasteiger partial charge < -0.3 is 10.2 Å². The van der Waals surface area contributed by atoms with Crippen molar-refractivity contribution in [1.82, 2.24) is 10.2 Å². The number of nitrogens with one attached hydrogen (secondary N) is 1. The molecule has 2 aliphatic rings. The minimum Gasteiger partial charge on any atom is -0.314 e. The summed E-state index contributed by atoms with van der Waals surface area (Å²) in [6, 6.07) is 1.50. The lowest BCUT2D eigenvalue weighted by molar-refractivity contribution is 0.0823. The Morgan fingerprint density at radius 3 is 2.55 bits per heavy atom. The number of hydrogen-bond donors (Lipinski definition) is 1. The van der Waals surface area contributed by atoms with E-state index in [2.05, 4.69) is 31.0 Å². The summed E-state index contributed by atoms with van der Waals surface area (Å²) in [7, 11) is 0. The second-order valence-corrected chi connectivity index (χ2v) is 7.28. The van der Waals surface area contributed by atoms with Crippen LogP contribution in [0.1, 0.15) is 72.1 Å². The van der Waals surface area contributed by atoms with Crippen LogP contribution in [0.2, 0.25) is 0 Å². The number of piperidine rings is 1. The van der Waals surface area contributed by atoms with Crippen LogP contribution in [-0.4, -0.2) is 36.6 Å². The first-order chi connectivity index (χ1) is 9.72. The molecule has 3 unspecified atom stereocenters. The molecule has 2 fully saturated rings. The fourth-order valence-electron chi connectivity index (χ4n) is 4.26. The fraction of sp³-hybridized carbons (Fsp3) is 1.00. The molecule has 118 valence electrons. The molecule has 2 nitrogen and oxygen atoms in total. The van der Waals surface area contributed by atoms with Gasteiger partial charge in [-0.05, 0) is 64.1 Å². The van der Waals surface area contributed by atoms with Gasteiger partial charge in [0.15, 0.2) is 0 Å². The first-order valence-corrected chi connectivity index (χ1v) is 9.19. The van der Waals surface area contributed by atoms with Crippen LogP contribution < -0.4 is 5.32 Å². The zero-order valence-electron chi connectivity index (χ0n) is 14.0. The van der Waals surface area contributed by atoms with E-state index in [-0.39, 0.29) is 0 Å². The van der Waals surface area contributed by atoms with E-state index in [0.29, 0.717) is 0 Å². The molecule has 1 saturated carbocycles. The predicted octanol–water partition coefficient (Wildman–Crippen LogP) is 4.06. The molecule has 3 atom stereocenters. The Morgan fingerprint density at radius 1 is 1.10 bits per heavy atom. The molecule has 1 N–H and O–H groups in total. The Hall–Kier alpha value is -0.0800. The third-order valence-corrected chi connectivity index (χ3v) is 5.89. The molecule has 0 bridgehead atoms. The third kappa shape index (κ3) is 4.46. The lowest BCUT2D eigenvalue weighted by atomic mass is 9.86. The van der Waals surface area contributed by atoms with Crippen molar-refractivity contribution in [3.05, 3.63) is 0 Å². The van der Waals surface area contributed by atoms with Gasteiger partial charge in [-0.15, -0.1) is 0 Å². The van der Waals surface area contributed by atoms with Crippen LogP contribution in [0.25, 0.3) is 0 Å². The van der Waals surface area contributed by atoms with Crippen LogP contribution in [0.5, 0.6) is 0 Å². The molecule has 1 aliphatic carbocycles. The van der Waals surface area contributed by atoms with Gasteiger partial charge in [0.05, 0.1) is 0 Å². The monoisotopic (exact) mass is 280 g/mol. The summed E-state index contributed by atoms with van der Waals surface area (Å²) in [5, 5.41) is 3.75. The van der Waals surface area contributed by atoms with Crippen LogP contribution in [0.4, 0.5) is 0 Å². The second-order valence-electron chi connectivity index (χ2n) is 7.28. The van der Waals surface area contributed by atoms with Crippen LogP contribution >= 0.6 is 0 Å². The highest BCUT2D eigenvalue weighted by atomic mass is 15.2. The molecule has 1 heterocycles. The minimum atomic E-state index is 0.746. The predicted molar refractivity (Wildman–Crippen MR) is 88.1 cm³/mol. The zero-order valence-corrected chi connectivity index (χ0v) is 14.0. The van der Waals surface area contributed by atoms with Crippen LogP contribution in [0.15, 0.2) is 0 Å². The minimum absolute atomic E-state index is 0.746. The molecule has 20 heavy (non-hydrogen) atoms. The Kier molecular flexibility index (Phi) is 6.83. The molecule has 0 spiro atoms. The maximum atomic E-state index is 3.75. The Labute approximate surface area is 126 Å². The van der Waals surface area contributed by atoms with Gasteiger partial charge in [0.2, 0.25) is 0 Å². The summed E-state index contributed by atoms with van der Waals surface area (Å²) in [4.78, 5) is 2.75. The van der Waals surface area contributed by atoms with Crippen LogP contribution in [-0.2, 0) is 0 Å². The summed E-state index contributed by atoms with van der Waals surface area (Å²) in [5.74, 6) is 1.85. The van der Waals surface area contributed by atoms with Crippen molar-refractivity contribution in [3.63, 3.8) is 0 Å². The number of likely N-dealkylation sites (tertiary alicyclic amines) is 1. The van der Waals surface area contributed by atoms with Crippen molar-refractivity contribution in [2.24, 2.45) is 11.8 Å². The van der Waals surface area contributed by atoms with E-state index in [1.807, 2.05) is 0 Å². The van der Waals surface area contributed by atoms with Gasteiger partial charge in [0.1, 0.15) is 0 Å². The topological polar surface area (TPSA) is 15.3 Å². The standard InChI is InChI=1S/C18H36N2/c1-4-12-19-18-11-14-20(16(3)15(18)2)13-7-10-17-8-5-6-9-17/h15-19H,4-14H2,1-3H3. The lowest BCUT2D eigenvalue weighted by Crippen LogP contribution is -2.53. The summed E-state index contributed by atoms with van der Waals surface area (Å²) >= 11 is 0. The molecule has 0 amide bonds. The van der Waals surface area contributed by atoms with E-state index >= 15 is 0 Å². The van der Waals surface area contributed by atoms with Crippen molar-refractivity contribution in [2.45, 2.75) is 84.2 Å². The fourth-order valence-corrected chi connectivity index (χ4v) is 4.26. The Balaban J connectivity index is 1.68. The largest absolute Gasteiger partial charge is 0.314 e. The maximum absolute atomic E-state index is 3.75. The molecule has 0 aromatic carbocycles. The highest BCUT2D eigenvalue weighted by Gasteiger charge is 2.31. The molecule has 0 aromatic rings. The molecule has 1 aliphatic heterocycles. The second kappa shape index (κ2) is 8.38. The van der Waals surface area contributed by atoms with Gasteiger partial charge in [-0.3, -0.25) is 0 Å². The highest BCUT2D eigenvalue weighted by Crippen LogP contribution is 2.29. The number of nitrogens with zero attached hydrogens (tertiary/aromatic N) is 1. The van der Waals surface area contributed by atoms with E-state index in [1.54, 1.807) is 0 Å². The van der Waals surface area contributed by atoms with Gasteiger partial charge in [-0.25, -0.2) is 0 Å². The Morgan fingerprint density at radius 2 is 1.85 bits per heavy atom. The van der Waals surface area contributed by atoms with Gasteiger partial charge in [0.25, 0.3) is 0 Å². The first kappa shape index (κ1) is 16.3. The van der Waals surface area contributed by atoms with E-state index < -0.39 is 0 Å². The third-order valence-electron chi connectivity index (χ3n) is 5.89. The van der Waals surface area contributed by atoms with Crippen molar-refractivity contribution in [3.8, 4) is 0 Å². The van der Waals surface area contributed by atoms with E-state index in [9.17, 15) is 0 Å². The Bertz CT molecular complexity index is 260. The van der Waals surface area contributed by atoms with Gasteiger partial charge in [-0.1, -0.05) is 39.5 Å². The smallest absolute Gasteiger partial charge is 0.0120 e. The van der Waals surface area contributed by atoms with Crippen molar-refractivity contribution in [1.29, 1.82) is 0 Å². The van der Waals surface area contributed by atoms with Gasteiger partial charge >= 0.3 is 0 Å². The van der Waals surface area contributed by atoms with Crippen molar-refractivity contribution in [2.75, 3.05) is 19.6 Å². The average molecular weight is 280 g/mol. The van der Waals surface area contributed by atoms with Crippen molar-refractivity contribution >= 4 is 0 Å².